The van der Waals surface area contributed by atoms with Gasteiger partial charge in [0.05, 0.1) is 5.56 Å². The zero-order valence-corrected chi connectivity index (χ0v) is 21.9. The number of nitrogen functional groups attached to an aromatic ring is 1. The smallest absolute Gasteiger partial charge is 0.349 e. The lowest BCUT2D eigenvalue weighted by molar-refractivity contribution is 0.0696. The number of carbonyl (C=O) groups excluding carboxylic acids is 2. The molecule has 2 amide bonds. The summed E-state index contributed by atoms with van der Waals surface area (Å²) in [5, 5.41) is 22.8. The standard InChI is InChI=1S/C27H21FN8O7/c28-16-6-3-13(7-15(16)11-30-20-19(29)21(37)22(20)38)10-32-24(40)18-8-17(33-26-34-35-27(43)36(18)26)23(39)31-9-12-1-4-14(5-2-12)25(41)42/h1-8,30H,9-11,29H2,(H,31,39)(H,32,40)(H,35,43)(H,41,42). The summed E-state index contributed by atoms with van der Waals surface area (Å²) < 4.78 is 15.2. The van der Waals surface area contributed by atoms with Crippen molar-refractivity contribution in [2.24, 2.45) is 0 Å². The molecule has 43 heavy (non-hydrogen) atoms. The van der Waals surface area contributed by atoms with Gasteiger partial charge in [-0.3, -0.25) is 19.2 Å². The minimum atomic E-state index is -1.09. The molecule has 0 saturated heterocycles. The van der Waals surface area contributed by atoms with Crippen molar-refractivity contribution in [1.82, 2.24) is 30.2 Å². The number of amides is 2. The van der Waals surface area contributed by atoms with Gasteiger partial charge in [-0.2, -0.15) is 0 Å². The van der Waals surface area contributed by atoms with Crippen molar-refractivity contribution in [2.75, 3.05) is 11.1 Å². The van der Waals surface area contributed by atoms with Gasteiger partial charge in [0.1, 0.15) is 28.6 Å². The van der Waals surface area contributed by atoms with Crippen molar-refractivity contribution < 1.29 is 23.9 Å². The average molecular weight is 589 g/mol. The first-order chi connectivity index (χ1) is 20.5. The minimum absolute atomic E-state index is 0.0244. The number of hydrogen-bond acceptors (Lipinski definition) is 10. The van der Waals surface area contributed by atoms with Crippen LogP contribution in [0, 0.1) is 5.82 Å². The molecule has 2 heterocycles. The summed E-state index contributed by atoms with van der Waals surface area (Å²) in [6.07, 6.45) is 0. The number of nitrogens with zero attached hydrogens (tertiary/aromatic N) is 3. The topological polar surface area (TPSA) is 231 Å². The highest BCUT2D eigenvalue weighted by molar-refractivity contribution is 5.98. The summed E-state index contributed by atoms with van der Waals surface area (Å²) >= 11 is 0. The van der Waals surface area contributed by atoms with Crippen LogP contribution >= 0.6 is 0 Å². The number of hydrogen-bond donors (Lipinski definition) is 6. The molecule has 16 heteroatoms. The number of rotatable bonds is 10. The molecule has 5 rings (SSSR count). The Balaban J connectivity index is 1.29. The Hall–Kier alpha value is -6.19. The number of anilines is 2. The number of aromatic amines is 1. The first kappa shape index (κ1) is 28.3. The van der Waals surface area contributed by atoms with Crippen LogP contribution in [-0.2, 0) is 19.6 Å². The van der Waals surface area contributed by atoms with E-state index in [2.05, 4.69) is 31.1 Å². The van der Waals surface area contributed by atoms with E-state index in [1.165, 1.54) is 36.4 Å². The zero-order valence-electron chi connectivity index (χ0n) is 21.9. The highest BCUT2D eigenvalue weighted by Gasteiger charge is 2.20. The van der Waals surface area contributed by atoms with Gasteiger partial charge in [0, 0.05) is 25.2 Å². The van der Waals surface area contributed by atoms with Gasteiger partial charge in [0.15, 0.2) is 0 Å². The molecule has 3 aromatic carbocycles. The number of fused-ring (bicyclic) bond motifs is 1. The van der Waals surface area contributed by atoms with E-state index in [4.69, 9.17) is 10.8 Å². The Labute approximate surface area is 238 Å². The molecule has 0 spiro atoms. The third kappa shape index (κ3) is 5.69. The summed E-state index contributed by atoms with van der Waals surface area (Å²) in [5.41, 5.74) is 3.61. The molecular formula is C27H21FN8O7. The third-order valence-corrected chi connectivity index (χ3v) is 6.47. The number of H-pyrrole nitrogens is 1. The van der Waals surface area contributed by atoms with Gasteiger partial charge < -0.3 is 26.8 Å². The molecular weight excluding hydrogens is 567 g/mol. The molecule has 0 unspecified atom stereocenters. The Morgan fingerprint density at radius 2 is 1.58 bits per heavy atom. The lowest BCUT2D eigenvalue weighted by Crippen LogP contribution is -2.37. The van der Waals surface area contributed by atoms with Crippen LogP contribution in [0.15, 0.2) is 62.9 Å². The Bertz CT molecular complexity index is 2040. The van der Waals surface area contributed by atoms with Gasteiger partial charge in [-0.25, -0.2) is 28.5 Å². The molecule has 7 N–H and O–H groups in total. The van der Waals surface area contributed by atoms with E-state index in [9.17, 15) is 33.2 Å². The van der Waals surface area contributed by atoms with E-state index in [-0.39, 0.29) is 59.3 Å². The molecule has 0 aliphatic rings. The van der Waals surface area contributed by atoms with Gasteiger partial charge in [-0.1, -0.05) is 18.2 Å². The van der Waals surface area contributed by atoms with Crippen LogP contribution in [0.1, 0.15) is 48.0 Å². The molecule has 0 radical (unpaired) electrons. The largest absolute Gasteiger partial charge is 0.478 e. The van der Waals surface area contributed by atoms with Crippen LogP contribution in [0.2, 0.25) is 0 Å². The summed E-state index contributed by atoms with van der Waals surface area (Å²) in [4.78, 5) is 76.2. The Morgan fingerprint density at radius 3 is 2.28 bits per heavy atom. The third-order valence-electron chi connectivity index (χ3n) is 6.47. The number of halogens is 1. The molecule has 5 aromatic rings. The molecule has 0 aliphatic heterocycles. The van der Waals surface area contributed by atoms with Crippen molar-refractivity contribution in [3.05, 3.63) is 119 Å². The minimum Gasteiger partial charge on any atom is -0.478 e. The first-order valence-electron chi connectivity index (χ1n) is 12.5. The number of nitrogens with one attached hydrogen (secondary N) is 4. The number of carbonyl (C=O) groups is 3. The summed E-state index contributed by atoms with van der Waals surface area (Å²) in [6, 6.07) is 10.9. The van der Waals surface area contributed by atoms with Crippen LogP contribution in [0.25, 0.3) is 5.78 Å². The maximum atomic E-state index is 14.4. The second kappa shape index (κ2) is 11.4. The molecule has 0 saturated carbocycles. The molecule has 0 atom stereocenters. The quantitative estimate of drug-likeness (QED) is 0.118. The lowest BCUT2D eigenvalue weighted by atomic mass is 10.1. The molecule has 2 aromatic heterocycles. The fourth-order valence-corrected chi connectivity index (χ4v) is 4.15. The maximum Gasteiger partial charge on any atom is 0.349 e. The zero-order chi connectivity index (χ0) is 30.8. The molecule has 0 bridgehead atoms. The van der Waals surface area contributed by atoms with E-state index >= 15 is 0 Å². The van der Waals surface area contributed by atoms with Crippen LogP contribution in [0.5, 0.6) is 0 Å². The highest BCUT2D eigenvalue weighted by atomic mass is 19.1. The first-order valence-corrected chi connectivity index (χ1v) is 12.5. The van der Waals surface area contributed by atoms with Gasteiger partial charge >= 0.3 is 11.7 Å². The van der Waals surface area contributed by atoms with Gasteiger partial charge in [0.2, 0.25) is 0 Å². The number of aromatic nitrogens is 4. The van der Waals surface area contributed by atoms with Crippen LogP contribution in [0.3, 0.4) is 0 Å². The van der Waals surface area contributed by atoms with Crippen LogP contribution in [0.4, 0.5) is 15.8 Å². The average Bonchev–Trinajstić information content (AvgIpc) is 3.39. The summed E-state index contributed by atoms with van der Waals surface area (Å²) in [7, 11) is 0. The predicted octanol–water partition coefficient (Wildman–Crippen LogP) is -0.0948. The van der Waals surface area contributed by atoms with Crippen molar-refractivity contribution in [1.29, 1.82) is 0 Å². The van der Waals surface area contributed by atoms with Gasteiger partial charge in [0.25, 0.3) is 28.4 Å². The fraction of sp³-hybridized carbons (Fsp3) is 0.111. The molecule has 218 valence electrons. The maximum absolute atomic E-state index is 14.4. The van der Waals surface area contributed by atoms with Crippen molar-refractivity contribution in [2.45, 2.75) is 19.6 Å². The molecule has 0 aliphatic carbocycles. The van der Waals surface area contributed by atoms with E-state index in [0.717, 1.165) is 16.5 Å². The molecule has 0 fully saturated rings. The number of benzene rings is 2. The Kier molecular flexibility index (Phi) is 7.49. The summed E-state index contributed by atoms with van der Waals surface area (Å²) in [5.74, 6) is -3.38. The van der Waals surface area contributed by atoms with Gasteiger partial charge in [-0.05, 0) is 41.5 Å². The Morgan fingerprint density at radius 1 is 0.907 bits per heavy atom. The molecule has 15 nitrogen and oxygen atoms in total. The van der Waals surface area contributed by atoms with E-state index < -0.39 is 40.1 Å². The van der Waals surface area contributed by atoms with Gasteiger partial charge in [-0.15, -0.1) is 5.10 Å². The second-order valence-corrected chi connectivity index (χ2v) is 9.28. The normalized spacial score (nSPS) is 11.0. The van der Waals surface area contributed by atoms with Crippen molar-refractivity contribution in [3.63, 3.8) is 0 Å². The number of carboxylic acid groups (broad SMARTS) is 1. The fourth-order valence-electron chi connectivity index (χ4n) is 4.15. The summed E-state index contributed by atoms with van der Waals surface area (Å²) in [6.45, 7) is -0.241. The number of carboxylic acids is 1. The van der Waals surface area contributed by atoms with Crippen LogP contribution in [-0.4, -0.2) is 42.5 Å². The van der Waals surface area contributed by atoms with E-state index in [0.29, 0.717) is 11.1 Å². The second-order valence-electron chi connectivity index (χ2n) is 9.28. The SMILES string of the molecule is Nc1c(NCc2cc(CNC(=O)c3cc(C(=O)NCc4ccc(C(=O)O)cc4)nc4n[nH]c(=O)n34)ccc2F)c(=O)c1=O. The van der Waals surface area contributed by atoms with Crippen molar-refractivity contribution >= 4 is 34.9 Å². The number of nitrogens with two attached hydrogens (primary N) is 1. The number of aromatic carboxylic acids is 1. The predicted molar refractivity (Wildman–Crippen MR) is 149 cm³/mol. The van der Waals surface area contributed by atoms with E-state index in [1.54, 1.807) is 0 Å². The van der Waals surface area contributed by atoms with Crippen LogP contribution < -0.4 is 38.2 Å². The monoisotopic (exact) mass is 588 g/mol. The van der Waals surface area contributed by atoms with Crippen molar-refractivity contribution in [3.8, 4) is 0 Å². The highest BCUT2D eigenvalue weighted by Crippen LogP contribution is 2.16. The van der Waals surface area contributed by atoms with E-state index in [1.807, 2.05) is 0 Å². The lowest BCUT2D eigenvalue weighted by Gasteiger charge is -2.12.